The van der Waals surface area contributed by atoms with E-state index in [1.807, 2.05) is 25.7 Å². The van der Waals surface area contributed by atoms with Crippen LogP contribution in [0.2, 0.25) is 0 Å². The number of piperazine rings is 1. The molecule has 0 radical (unpaired) electrons. The molecular weight excluding hydrogens is 442 g/mol. The topological polar surface area (TPSA) is 37.7 Å². The van der Waals surface area contributed by atoms with Crippen molar-refractivity contribution in [1.29, 1.82) is 0 Å². The zero-order valence-electron chi connectivity index (χ0n) is 18.4. The van der Waals surface area contributed by atoms with E-state index in [0.717, 1.165) is 38.6 Å². The molecule has 0 spiro atoms. The third-order valence-electron chi connectivity index (χ3n) is 6.46. The third-order valence-corrected chi connectivity index (χ3v) is 7.15. The van der Waals surface area contributed by atoms with Gasteiger partial charge in [-0.15, -0.1) is 0 Å². The Morgan fingerprint density at radius 3 is 2.43 bits per heavy atom. The molecular formula is C24H34BrN3O2. The molecule has 2 fully saturated rings. The van der Waals surface area contributed by atoms with E-state index < -0.39 is 5.60 Å². The average molecular weight is 476 g/mol. The van der Waals surface area contributed by atoms with Crippen molar-refractivity contribution >= 4 is 32.9 Å². The maximum absolute atomic E-state index is 12.3. The Morgan fingerprint density at radius 2 is 1.77 bits per heavy atom. The molecule has 2 aromatic rings. The molecule has 1 saturated carbocycles. The van der Waals surface area contributed by atoms with Crippen molar-refractivity contribution < 1.29 is 9.53 Å². The van der Waals surface area contributed by atoms with Gasteiger partial charge in [0.25, 0.3) is 0 Å². The van der Waals surface area contributed by atoms with Crippen molar-refractivity contribution in [3.05, 3.63) is 34.9 Å². The summed E-state index contributed by atoms with van der Waals surface area (Å²) in [4.78, 5) is 16.6. The summed E-state index contributed by atoms with van der Waals surface area (Å²) in [7, 11) is 0. The second-order valence-electron chi connectivity index (χ2n) is 9.84. The van der Waals surface area contributed by atoms with Crippen molar-refractivity contribution in [1.82, 2.24) is 14.4 Å². The molecule has 1 amide bonds. The van der Waals surface area contributed by atoms with E-state index in [1.54, 1.807) is 0 Å². The highest BCUT2D eigenvalue weighted by Crippen LogP contribution is 2.36. The first kappa shape index (κ1) is 21.7. The van der Waals surface area contributed by atoms with E-state index in [1.165, 1.54) is 41.1 Å². The van der Waals surface area contributed by atoms with Crippen molar-refractivity contribution in [2.75, 3.05) is 32.7 Å². The van der Waals surface area contributed by atoms with Gasteiger partial charge in [-0.25, -0.2) is 4.79 Å². The van der Waals surface area contributed by atoms with Gasteiger partial charge in [0, 0.05) is 60.3 Å². The summed E-state index contributed by atoms with van der Waals surface area (Å²) in [5.41, 5.74) is 0.916. The fourth-order valence-electron chi connectivity index (χ4n) is 4.88. The highest BCUT2D eigenvalue weighted by molar-refractivity contribution is 9.10. The monoisotopic (exact) mass is 475 g/mol. The third kappa shape index (κ3) is 5.02. The molecule has 1 aliphatic carbocycles. The zero-order chi connectivity index (χ0) is 21.3. The summed E-state index contributed by atoms with van der Waals surface area (Å²) in [6, 6.07) is 9.32. The molecule has 30 heavy (non-hydrogen) atoms. The Labute approximate surface area is 188 Å². The van der Waals surface area contributed by atoms with Gasteiger partial charge in [0.1, 0.15) is 5.60 Å². The van der Waals surface area contributed by atoms with Crippen LogP contribution in [0.5, 0.6) is 0 Å². The number of aromatic nitrogens is 1. The largest absolute Gasteiger partial charge is 0.444 e. The highest BCUT2D eigenvalue weighted by atomic mass is 79.9. The Bertz CT molecular complexity index is 872. The minimum atomic E-state index is -0.423. The summed E-state index contributed by atoms with van der Waals surface area (Å²) in [6.45, 7) is 10.4. The van der Waals surface area contributed by atoms with E-state index in [4.69, 9.17) is 4.74 Å². The Hall–Kier alpha value is -1.53. The van der Waals surface area contributed by atoms with Crippen molar-refractivity contribution in [2.24, 2.45) is 5.92 Å². The summed E-state index contributed by atoms with van der Waals surface area (Å²) in [5, 5.41) is 1.31. The van der Waals surface area contributed by atoms with Gasteiger partial charge in [0.15, 0.2) is 0 Å². The van der Waals surface area contributed by atoms with E-state index >= 15 is 0 Å². The molecule has 1 aliphatic heterocycles. The van der Waals surface area contributed by atoms with Crippen LogP contribution >= 0.6 is 15.9 Å². The predicted molar refractivity (Wildman–Crippen MR) is 125 cm³/mol. The van der Waals surface area contributed by atoms with Gasteiger partial charge < -0.3 is 14.2 Å². The molecule has 1 saturated heterocycles. The number of halogens is 1. The minimum Gasteiger partial charge on any atom is -0.444 e. The minimum absolute atomic E-state index is 0.173. The first-order valence-corrected chi connectivity index (χ1v) is 12.0. The standard InChI is InChI=1S/C24H34BrN3O2/c1-24(2,3)30-23(29)27-15-13-26(14-16-27)17-18-7-9-19(10-8-18)28-12-11-20-21(25)5-4-6-22(20)28/h4-6,11-12,18-19H,7-10,13-17H2,1-3H3. The summed E-state index contributed by atoms with van der Waals surface area (Å²) in [6.07, 6.45) is 7.15. The van der Waals surface area contributed by atoms with Crippen LogP contribution in [-0.4, -0.2) is 58.8 Å². The number of fused-ring (bicyclic) bond motifs is 1. The van der Waals surface area contributed by atoms with Crippen molar-refractivity contribution in [2.45, 2.75) is 58.1 Å². The van der Waals surface area contributed by atoms with Gasteiger partial charge in [-0.2, -0.15) is 0 Å². The smallest absolute Gasteiger partial charge is 0.410 e. The molecule has 1 aromatic heterocycles. The van der Waals surface area contributed by atoms with E-state index in [-0.39, 0.29) is 6.09 Å². The Kier molecular flexibility index (Phi) is 6.44. The van der Waals surface area contributed by atoms with Crippen LogP contribution in [0.15, 0.2) is 34.9 Å². The number of amides is 1. The van der Waals surface area contributed by atoms with E-state index in [2.05, 4.69) is 55.9 Å². The average Bonchev–Trinajstić information content (AvgIpc) is 3.13. The normalized spacial score (nSPS) is 23.7. The van der Waals surface area contributed by atoms with Crippen LogP contribution in [0.3, 0.4) is 0 Å². The fourth-order valence-corrected chi connectivity index (χ4v) is 5.37. The maximum Gasteiger partial charge on any atom is 0.410 e. The van der Waals surface area contributed by atoms with Crippen LogP contribution in [-0.2, 0) is 4.74 Å². The van der Waals surface area contributed by atoms with Gasteiger partial charge in [0.05, 0.1) is 0 Å². The summed E-state index contributed by atoms with van der Waals surface area (Å²) >= 11 is 3.68. The number of hydrogen-bond acceptors (Lipinski definition) is 3. The van der Waals surface area contributed by atoms with Gasteiger partial charge in [-0.3, -0.25) is 4.90 Å². The summed E-state index contributed by atoms with van der Waals surface area (Å²) < 4.78 is 9.17. The second kappa shape index (κ2) is 8.91. The molecule has 5 nitrogen and oxygen atoms in total. The molecule has 2 aliphatic rings. The lowest BCUT2D eigenvalue weighted by molar-refractivity contribution is 0.0126. The molecule has 1 aromatic carbocycles. The first-order valence-electron chi connectivity index (χ1n) is 11.3. The number of rotatable bonds is 3. The first-order chi connectivity index (χ1) is 14.3. The molecule has 0 atom stereocenters. The van der Waals surface area contributed by atoms with Crippen LogP contribution in [0, 0.1) is 5.92 Å². The van der Waals surface area contributed by atoms with E-state index in [0.29, 0.717) is 6.04 Å². The van der Waals surface area contributed by atoms with Gasteiger partial charge in [-0.1, -0.05) is 22.0 Å². The summed E-state index contributed by atoms with van der Waals surface area (Å²) in [5.74, 6) is 0.767. The lowest BCUT2D eigenvalue weighted by Gasteiger charge is -2.38. The van der Waals surface area contributed by atoms with Gasteiger partial charge in [-0.05, 0) is 70.6 Å². The lowest BCUT2D eigenvalue weighted by Crippen LogP contribution is -2.51. The lowest BCUT2D eigenvalue weighted by atomic mass is 9.85. The van der Waals surface area contributed by atoms with Crippen LogP contribution in [0.25, 0.3) is 10.9 Å². The second-order valence-corrected chi connectivity index (χ2v) is 10.7. The number of nitrogens with zero attached hydrogens (tertiary/aromatic N) is 3. The quantitative estimate of drug-likeness (QED) is 0.572. The van der Waals surface area contributed by atoms with E-state index in [9.17, 15) is 4.79 Å². The van der Waals surface area contributed by atoms with Crippen LogP contribution in [0.4, 0.5) is 4.79 Å². The SMILES string of the molecule is CC(C)(C)OC(=O)N1CCN(CC2CCC(n3ccc4c(Br)cccc43)CC2)CC1. The van der Waals surface area contributed by atoms with Gasteiger partial charge >= 0.3 is 6.09 Å². The number of ether oxygens (including phenoxy) is 1. The number of carbonyl (C=O) groups is 1. The zero-order valence-corrected chi connectivity index (χ0v) is 20.0. The molecule has 4 rings (SSSR count). The molecule has 0 N–H and O–H groups in total. The predicted octanol–water partition coefficient (Wildman–Crippen LogP) is 5.69. The number of benzene rings is 1. The number of hydrogen-bond donors (Lipinski definition) is 0. The Morgan fingerprint density at radius 1 is 1.07 bits per heavy atom. The highest BCUT2D eigenvalue weighted by Gasteiger charge is 2.29. The molecule has 0 unspecified atom stereocenters. The van der Waals surface area contributed by atoms with Gasteiger partial charge in [0.2, 0.25) is 0 Å². The Balaban J connectivity index is 1.25. The maximum atomic E-state index is 12.3. The molecule has 2 heterocycles. The van der Waals surface area contributed by atoms with Crippen LogP contribution in [0.1, 0.15) is 52.5 Å². The molecule has 6 heteroatoms. The fraction of sp³-hybridized carbons (Fsp3) is 0.625. The number of carbonyl (C=O) groups excluding carboxylic acids is 1. The molecule has 0 bridgehead atoms. The van der Waals surface area contributed by atoms with Crippen molar-refractivity contribution in [3.8, 4) is 0 Å². The molecule has 164 valence electrons. The van der Waals surface area contributed by atoms with Crippen molar-refractivity contribution in [3.63, 3.8) is 0 Å². The van der Waals surface area contributed by atoms with Crippen LogP contribution < -0.4 is 0 Å².